The van der Waals surface area contributed by atoms with Crippen molar-refractivity contribution in [2.75, 3.05) is 23.6 Å². The lowest BCUT2D eigenvalue weighted by molar-refractivity contribution is -0.154. The molecule has 23 heavy (non-hydrogen) atoms. The zero-order chi connectivity index (χ0) is 16.9. The third-order valence-electron chi connectivity index (χ3n) is 2.79. The molecule has 124 valence electrons. The Labute approximate surface area is 132 Å². The summed E-state index contributed by atoms with van der Waals surface area (Å²) in [5.41, 5.74) is 1.12. The average Bonchev–Trinajstić information content (AvgIpc) is 2.94. The van der Waals surface area contributed by atoms with Gasteiger partial charge in [-0.2, -0.15) is 5.10 Å². The van der Waals surface area contributed by atoms with Crippen molar-refractivity contribution in [3.05, 3.63) is 30.6 Å². The van der Waals surface area contributed by atoms with Gasteiger partial charge in [-0.1, -0.05) is 0 Å². The molecule has 10 heteroatoms. The van der Waals surface area contributed by atoms with Crippen molar-refractivity contribution in [3.63, 3.8) is 0 Å². The van der Waals surface area contributed by atoms with Crippen LogP contribution in [0.5, 0.6) is 0 Å². The van der Waals surface area contributed by atoms with Crippen LogP contribution in [0.2, 0.25) is 0 Å². The normalized spacial score (nSPS) is 11.2. The van der Waals surface area contributed by atoms with Crippen molar-refractivity contribution in [2.24, 2.45) is 0 Å². The molecular weight excluding hydrogens is 324 g/mol. The lowest BCUT2D eigenvalue weighted by atomic mass is 10.4. The minimum absolute atomic E-state index is 0.0726. The smallest absolute Gasteiger partial charge is 0.396 e. The Morgan fingerprint density at radius 1 is 1.35 bits per heavy atom. The van der Waals surface area contributed by atoms with E-state index in [2.05, 4.69) is 19.9 Å². The van der Waals surface area contributed by atoms with E-state index >= 15 is 0 Å². The van der Waals surface area contributed by atoms with Crippen LogP contribution in [-0.4, -0.2) is 48.8 Å². The molecule has 9 nitrogen and oxygen atoms in total. The predicted molar refractivity (Wildman–Crippen MR) is 82.2 cm³/mol. The number of ether oxygens (including phenoxy) is 1. The third-order valence-corrected chi connectivity index (χ3v) is 4.08. The Kier molecular flexibility index (Phi) is 5.16. The number of hydrogen-bond donors (Lipinski definition) is 2. The molecule has 2 N–H and O–H groups in total. The third kappa shape index (κ3) is 4.68. The van der Waals surface area contributed by atoms with Gasteiger partial charge in [0.2, 0.25) is 10.0 Å². The van der Waals surface area contributed by atoms with Crippen molar-refractivity contribution in [1.29, 1.82) is 0 Å². The van der Waals surface area contributed by atoms with Gasteiger partial charge in [0.25, 0.3) is 0 Å². The molecule has 0 aromatic carbocycles. The number of amides is 1. The first kappa shape index (κ1) is 16.7. The number of rotatable bonds is 6. The summed E-state index contributed by atoms with van der Waals surface area (Å²) in [6.45, 7) is 1.43. The van der Waals surface area contributed by atoms with Gasteiger partial charge in [-0.25, -0.2) is 17.7 Å². The molecule has 0 aliphatic heterocycles. The van der Waals surface area contributed by atoms with E-state index in [0.717, 1.165) is 5.52 Å². The Balaban J connectivity index is 1.89. The molecule has 0 spiro atoms. The summed E-state index contributed by atoms with van der Waals surface area (Å²) in [5, 5.41) is 6.19. The molecule has 0 fully saturated rings. The van der Waals surface area contributed by atoms with Crippen LogP contribution in [0.3, 0.4) is 0 Å². The van der Waals surface area contributed by atoms with Gasteiger partial charge in [0.05, 0.1) is 23.6 Å². The van der Waals surface area contributed by atoms with E-state index in [1.807, 2.05) is 0 Å². The number of nitrogens with zero attached hydrogens (tertiary/aromatic N) is 2. The number of pyridine rings is 1. The van der Waals surface area contributed by atoms with Crippen LogP contribution in [0.25, 0.3) is 5.52 Å². The molecule has 0 unspecified atom stereocenters. The summed E-state index contributed by atoms with van der Waals surface area (Å²) < 4.78 is 32.4. The first-order chi connectivity index (χ1) is 10.9. The van der Waals surface area contributed by atoms with E-state index in [0.29, 0.717) is 5.69 Å². The number of anilines is 1. The first-order valence-electron chi connectivity index (χ1n) is 6.80. The summed E-state index contributed by atoms with van der Waals surface area (Å²) in [6, 6.07) is 4.92. The van der Waals surface area contributed by atoms with E-state index in [-0.39, 0.29) is 18.9 Å². The molecule has 0 radical (unpaired) electrons. The quantitative estimate of drug-likeness (QED) is 0.553. The SMILES string of the molecule is CCOC(=O)C(=O)NCCS(=O)(=O)Nc1ccn2nccc2c1. The van der Waals surface area contributed by atoms with Gasteiger partial charge in [-0.15, -0.1) is 0 Å². The zero-order valence-electron chi connectivity index (χ0n) is 12.4. The van der Waals surface area contributed by atoms with Crippen LogP contribution in [0.4, 0.5) is 5.69 Å². The van der Waals surface area contributed by atoms with Crippen molar-refractivity contribution in [1.82, 2.24) is 14.9 Å². The number of sulfonamides is 1. The summed E-state index contributed by atoms with van der Waals surface area (Å²) in [5.74, 6) is -2.38. The molecule has 0 saturated carbocycles. The summed E-state index contributed by atoms with van der Waals surface area (Å²) in [6.07, 6.45) is 3.22. The molecule has 0 aliphatic carbocycles. The van der Waals surface area contributed by atoms with Gasteiger partial charge in [-0.05, 0) is 25.1 Å². The highest BCUT2D eigenvalue weighted by atomic mass is 32.2. The monoisotopic (exact) mass is 340 g/mol. The Hall–Kier alpha value is -2.62. The molecule has 1 amide bonds. The molecule has 0 aliphatic rings. The van der Waals surface area contributed by atoms with E-state index in [1.54, 1.807) is 42.0 Å². The fraction of sp³-hybridized carbons (Fsp3) is 0.308. The standard InChI is InChI=1S/C13H16N4O5S/c1-2-22-13(19)12(18)14-6-8-23(20,21)16-10-4-7-17-11(9-10)3-5-15-17/h3-5,7,9,16H,2,6,8H2,1H3,(H,14,18). The van der Waals surface area contributed by atoms with Crippen LogP contribution >= 0.6 is 0 Å². The average molecular weight is 340 g/mol. The van der Waals surface area contributed by atoms with E-state index in [4.69, 9.17) is 0 Å². The molecule has 2 aromatic heterocycles. The second-order valence-electron chi connectivity index (χ2n) is 4.51. The zero-order valence-corrected chi connectivity index (χ0v) is 13.2. The molecule has 2 rings (SSSR count). The number of aromatic nitrogens is 2. The van der Waals surface area contributed by atoms with Crippen LogP contribution in [-0.2, 0) is 24.3 Å². The van der Waals surface area contributed by atoms with Crippen LogP contribution in [0.15, 0.2) is 30.6 Å². The molecule has 0 saturated heterocycles. The number of nitrogens with one attached hydrogen (secondary N) is 2. The fourth-order valence-corrected chi connectivity index (χ4v) is 2.74. The van der Waals surface area contributed by atoms with Crippen LogP contribution in [0, 0.1) is 0 Å². The molecule has 0 bridgehead atoms. The maximum absolute atomic E-state index is 12.0. The molecule has 2 aromatic rings. The summed E-state index contributed by atoms with van der Waals surface area (Å²) in [4.78, 5) is 22.4. The maximum atomic E-state index is 12.0. The lowest BCUT2D eigenvalue weighted by Gasteiger charge is -2.09. The van der Waals surface area contributed by atoms with Gasteiger partial charge in [-0.3, -0.25) is 9.52 Å². The predicted octanol–water partition coefficient (Wildman–Crippen LogP) is -0.245. The lowest BCUT2D eigenvalue weighted by Crippen LogP contribution is -2.36. The maximum Gasteiger partial charge on any atom is 0.396 e. The van der Waals surface area contributed by atoms with Crippen LogP contribution < -0.4 is 10.0 Å². The minimum Gasteiger partial charge on any atom is -0.459 e. The highest BCUT2D eigenvalue weighted by molar-refractivity contribution is 7.92. The van der Waals surface area contributed by atoms with E-state index in [9.17, 15) is 18.0 Å². The highest BCUT2D eigenvalue weighted by Crippen LogP contribution is 2.12. The Morgan fingerprint density at radius 2 is 2.13 bits per heavy atom. The van der Waals surface area contributed by atoms with E-state index in [1.165, 1.54) is 0 Å². The molecule has 2 heterocycles. The Morgan fingerprint density at radius 3 is 2.87 bits per heavy atom. The number of esters is 1. The van der Waals surface area contributed by atoms with Gasteiger partial charge < -0.3 is 10.1 Å². The van der Waals surface area contributed by atoms with Crippen LogP contribution in [0.1, 0.15) is 6.92 Å². The minimum atomic E-state index is -3.67. The second-order valence-corrected chi connectivity index (χ2v) is 6.36. The van der Waals surface area contributed by atoms with Crippen molar-refractivity contribution in [3.8, 4) is 0 Å². The first-order valence-corrected chi connectivity index (χ1v) is 8.45. The molecule has 0 atom stereocenters. The number of carbonyl (C=O) groups excluding carboxylic acids is 2. The van der Waals surface area contributed by atoms with Gasteiger partial charge in [0.1, 0.15) is 0 Å². The highest BCUT2D eigenvalue weighted by Gasteiger charge is 2.16. The van der Waals surface area contributed by atoms with Gasteiger partial charge in [0.15, 0.2) is 0 Å². The number of fused-ring (bicyclic) bond motifs is 1. The summed E-state index contributed by atoms with van der Waals surface area (Å²) >= 11 is 0. The van der Waals surface area contributed by atoms with Gasteiger partial charge in [0, 0.05) is 18.9 Å². The van der Waals surface area contributed by atoms with Gasteiger partial charge >= 0.3 is 11.9 Å². The van der Waals surface area contributed by atoms with E-state index < -0.39 is 21.9 Å². The van der Waals surface area contributed by atoms with Crippen molar-refractivity contribution in [2.45, 2.75) is 6.92 Å². The fourth-order valence-electron chi connectivity index (χ4n) is 1.78. The number of carbonyl (C=O) groups is 2. The summed E-state index contributed by atoms with van der Waals surface area (Å²) in [7, 11) is -3.67. The Bertz CT molecular complexity index is 815. The molecular formula is C13H16N4O5S. The topological polar surface area (TPSA) is 119 Å². The van der Waals surface area contributed by atoms with Crippen molar-refractivity contribution >= 4 is 33.1 Å². The largest absolute Gasteiger partial charge is 0.459 e. The second kappa shape index (κ2) is 7.09. The number of hydrogen-bond acceptors (Lipinski definition) is 6. The van der Waals surface area contributed by atoms with Crippen molar-refractivity contribution < 1.29 is 22.7 Å².